The second kappa shape index (κ2) is 4.79. The molecular formula is C14H18O2. The number of ether oxygens (including phenoxy) is 1. The molecule has 0 spiro atoms. The summed E-state index contributed by atoms with van der Waals surface area (Å²) in [7, 11) is 0. The minimum absolute atomic E-state index is 0.180. The van der Waals surface area contributed by atoms with Gasteiger partial charge in [0.25, 0.3) is 0 Å². The molecule has 0 amide bonds. The fourth-order valence-corrected chi connectivity index (χ4v) is 2.23. The van der Waals surface area contributed by atoms with Gasteiger partial charge >= 0.3 is 0 Å². The minimum atomic E-state index is -0.180. The number of rotatable bonds is 3. The van der Waals surface area contributed by atoms with E-state index in [0.717, 1.165) is 18.6 Å². The highest BCUT2D eigenvalue weighted by Crippen LogP contribution is 2.22. The Morgan fingerprint density at radius 1 is 1.50 bits per heavy atom. The van der Waals surface area contributed by atoms with Crippen LogP contribution in [0.15, 0.2) is 24.3 Å². The van der Waals surface area contributed by atoms with Crippen LogP contribution in [0, 0.1) is 12.8 Å². The topological polar surface area (TPSA) is 26.3 Å². The summed E-state index contributed by atoms with van der Waals surface area (Å²) in [5, 5.41) is 0. The molecule has 1 aliphatic heterocycles. The molecule has 2 rings (SSSR count). The molecule has 2 unspecified atom stereocenters. The van der Waals surface area contributed by atoms with Crippen molar-refractivity contribution in [1.82, 2.24) is 0 Å². The largest absolute Gasteiger partial charge is 0.370 e. The number of Topliss-reactive ketones (excluding diaryl/α,β-unsaturated/α-hetero) is 1. The Bertz CT molecular complexity index is 384. The van der Waals surface area contributed by atoms with E-state index in [1.807, 2.05) is 25.1 Å². The summed E-state index contributed by atoms with van der Waals surface area (Å²) >= 11 is 0. The first-order valence-electron chi connectivity index (χ1n) is 5.86. The van der Waals surface area contributed by atoms with Gasteiger partial charge in [-0.2, -0.15) is 0 Å². The number of ketones is 1. The molecule has 0 N–H and O–H groups in total. The molecule has 86 valence electrons. The van der Waals surface area contributed by atoms with Crippen molar-refractivity contribution < 1.29 is 9.53 Å². The summed E-state index contributed by atoms with van der Waals surface area (Å²) < 4.78 is 5.48. The van der Waals surface area contributed by atoms with Crippen molar-refractivity contribution >= 4 is 5.78 Å². The molecule has 2 nitrogen and oxygen atoms in total. The third kappa shape index (κ3) is 2.50. The summed E-state index contributed by atoms with van der Waals surface area (Å²) in [5.74, 6) is 0.591. The Labute approximate surface area is 96.6 Å². The van der Waals surface area contributed by atoms with Crippen molar-refractivity contribution in [3.05, 3.63) is 35.4 Å². The first kappa shape index (κ1) is 11.3. The van der Waals surface area contributed by atoms with E-state index in [1.54, 1.807) is 0 Å². The van der Waals surface area contributed by atoms with Crippen LogP contribution in [-0.2, 0) is 16.0 Å². The van der Waals surface area contributed by atoms with Gasteiger partial charge in [-0.3, -0.25) is 4.79 Å². The van der Waals surface area contributed by atoms with Crippen LogP contribution >= 0.6 is 0 Å². The quantitative estimate of drug-likeness (QED) is 0.779. The number of carbonyl (C=O) groups excluding carboxylic acids is 1. The third-order valence-corrected chi connectivity index (χ3v) is 3.17. The maximum atomic E-state index is 12.0. The van der Waals surface area contributed by atoms with Gasteiger partial charge in [-0.15, -0.1) is 0 Å². The van der Waals surface area contributed by atoms with E-state index in [-0.39, 0.29) is 11.9 Å². The van der Waals surface area contributed by atoms with Crippen molar-refractivity contribution in [3.8, 4) is 0 Å². The lowest BCUT2D eigenvalue weighted by Gasteiger charge is -2.13. The summed E-state index contributed by atoms with van der Waals surface area (Å²) in [6.45, 7) is 4.86. The van der Waals surface area contributed by atoms with E-state index in [2.05, 4.69) is 13.0 Å². The lowest BCUT2D eigenvalue weighted by atomic mass is 9.96. The van der Waals surface area contributed by atoms with Crippen LogP contribution in [0.25, 0.3) is 0 Å². The highest BCUT2D eigenvalue weighted by Gasteiger charge is 2.30. The Hall–Kier alpha value is -1.15. The van der Waals surface area contributed by atoms with Crippen LogP contribution in [0.5, 0.6) is 0 Å². The molecule has 1 fully saturated rings. The first-order chi connectivity index (χ1) is 7.66. The second-order valence-corrected chi connectivity index (χ2v) is 4.69. The smallest absolute Gasteiger partial charge is 0.166 e. The van der Waals surface area contributed by atoms with E-state index in [9.17, 15) is 4.79 Å². The van der Waals surface area contributed by atoms with Crippen molar-refractivity contribution in [2.45, 2.75) is 32.8 Å². The van der Waals surface area contributed by atoms with E-state index in [0.29, 0.717) is 12.3 Å². The fraction of sp³-hybridized carbons (Fsp3) is 0.500. The maximum Gasteiger partial charge on any atom is 0.166 e. The van der Waals surface area contributed by atoms with Crippen LogP contribution < -0.4 is 0 Å². The molecule has 16 heavy (non-hydrogen) atoms. The van der Waals surface area contributed by atoms with Gasteiger partial charge in [-0.05, 0) is 24.8 Å². The zero-order chi connectivity index (χ0) is 11.5. The number of hydrogen-bond donors (Lipinski definition) is 0. The van der Waals surface area contributed by atoms with Crippen LogP contribution in [0.2, 0.25) is 0 Å². The standard InChI is InChI=1S/C14H18O2/c1-10-4-3-5-12(8-10)9-13(15)14-11(2)6-7-16-14/h3-5,8,11,14H,6-7,9H2,1-2H3. The monoisotopic (exact) mass is 218 g/mol. The SMILES string of the molecule is Cc1cccc(CC(=O)C2OCCC2C)c1. The van der Waals surface area contributed by atoms with Crippen LogP contribution in [-0.4, -0.2) is 18.5 Å². The van der Waals surface area contributed by atoms with Gasteiger partial charge in [0.2, 0.25) is 0 Å². The summed E-state index contributed by atoms with van der Waals surface area (Å²) in [6.07, 6.45) is 1.32. The van der Waals surface area contributed by atoms with Crippen LogP contribution in [0.3, 0.4) is 0 Å². The normalized spacial score (nSPS) is 24.6. The predicted molar refractivity (Wildman–Crippen MR) is 63.4 cm³/mol. The van der Waals surface area contributed by atoms with Gasteiger partial charge in [0, 0.05) is 13.0 Å². The molecule has 1 aromatic rings. The molecule has 0 aliphatic carbocycles. The number of carbonyl (C=O) groups is 1. The Morgan fingerprint density at radius 2 is 2.31 bits per heavy atom. The summed E-state index contributed by atoms with van der Waals surface area (Å²) in [4.78, 5) is 12.0. The molecule has 2 heteroatoms. The van der Waals surface area contributed by atoms with Gasteiger partial charge in [0.15, 0.2) is 5.78 Å². The average molecular weight is 218 g/mol. The number of benzene rings is 1. The molecule has 1 aliphatic rings. The lowest BCUT2D eigenvalue weighted by Crippen LogP contribution is -2.26. The molecule has 1 aromatic carbocycles. The van der Waals surface area contributed by atoms with Gasteiger partial charge in [-0.1, -0.05) is 36.8 Å². The number of hydrogen-bond acceptors (Lipinski definition) is 2. The van der Waals surface area contributed by atoms with Crippen molar-refractivity contribution in [1.29, 1.82) is 0 Å². The molecule has 0 aromatic heterocycles. The molecular weight excluding hydrogens is 200 g/mol. The van der Waals surface area contributed by atoms with E-state index in [1.165, 1.54) is 5.56 Å². The molecule has 0 bridgehead atoms. The molecule has 1 saturated heterocycles. The van der Waals surface area contributed by atoms with Crippen molar-refractivity contribution in [2.75, 3.05) is 6.61 Å². The molecule has 0 saturated carbocycles. The summed E-state index contributed by atoms with van der Waals surface area (Å²) in [6, 6.07) is 8.11. The van der Waals surface area contributed by atoms with Gasteiger partial charge < -0.3 is 4.74 Å². The average Bonchev–Trinajstić information content (AvgIpc) is 2.64. The summed E-state index contributed by atoms with van der Waals surface area (Å²) in [5.41, 5.74) is 2.29. The predicted octanol–water partition coefficient (Wildman–Crippen LogP) is 2.53. The van der Waals surface area contributed by atoms with Crippen LogP contribution in [0.1, 0.15) is 24.5 Å². The fourth-order valence-electron chi connectivity index (χ4n) is 2.23. The minimum Gasteiger partial charge on any atom is -0.370 e. The van der Waals surface area contributed by atoms with Crippen molar-refractivity contribution in [3.63, 3.8) is 0 Å². The molecule has 1 heterocycles. The Morgan fingerprint density at radius 3 is 2.94 bits per heavy atom. The van der Waals surface area contributed by atoms with E-state index < -0.39 is 0 Å². The van der Waals surface area contributed by atoms with E-state index >= 15 is 0 Å². The van der Waals surface area contributed by atoms with Crippen LogP contribution in [0.4, 0.5) is 0 Å². The van der Waals surface area contributed by atoms with Gasteiger partial charge in [0.05, 0.1) is 0 Å². The zero-order valence-electron chi connectivity index (χ0n) is 9.90. The zero-order valence-corrected chi connectivity index (χ0v) is 9.90. The highest BCUT2D eigenvalue weighted by atomic mass is 16.5. The third-order valence-electron chi connectivity index (χ3n) is 3.17. The molecule has 2 atom stereocenters. The molecule has 0 radical (unpaired) electrons. The maximum absolute atomic E-state index is 12.0. The Balaban J connectivity index is 2.02. The Kier molecular flexibility index (Phi) is 3.39. The van der Waals surface area contributed by atoms with Crippen molar-refractivity contribution in [2.24, 2.45) is 5.92 Å². The first-order valence-corrected chi connectivity index (χ1v) is 5.86. The second-order valence-electron chi connectivity index (χ2n) is 4.69. The lowest BCUT2D eigenvalue weighted by molar-refractivity contribution is -0.128. The van der Waals surface area contributed by atoms with E-state index in [4.69, 9.17) is 4.74 Å². The number of aryl methyl sites for hydroxylation is 1. The highest BCUT2D eigenvalue weighted by molar-refractivity contribution is 5.85. The van der Waals surface area contributed by atoms with Gasteiger partial charge in [0.1, 0.15) is 6.10 Å². The van der Waals surface area contributed by atoms with Gasteiger partial charge in [-0.25, -0.2) is 0 Å².